The summed E-state index contributed by atoms with van der Waals surface area (Å²) in [4.78, 5) is 0. The SMILES string of the molecule is Cc1cc(F)ccc1CS(=O)CCCN. The van der Waals surface area contributed by atoms with Crippen molar-refractivity contribution in [3.63, 3.8) is 0 Å². The van der Waals surface area contributed by atoms with Crippen molar-refractivity contribution in [2.75, 3.05) is 12.3 Å². The summed E-state index contributed by atoms with van der Waals surface area (Å²) in [7, 11) is -0.890. The Bertz CT molecular complexity index is 354. The molecule has 0 radical (unpaired) electrons. The third-order valence-electron chi connectivity index (χ3n) is 2.20. The van der Waals surface area contributed by atoms with Crippen LogP contribution in [0.1, 0.15) is 17.5 Å². The van der Waals surface area contributed by atoms with Gasteiger partial charge in [0.25, 0.3) is 0 Å². The van der Waals surface area contributed by atoms with Gasteiger partial charge in [-0.3, -0.25) is 4.21 Å². The van der Waals surface area contributed by atoms with E-state index in [1.807, 2.05) is 6.92 Å². The summed E-state index contributed by atoms with van der Waals surface area (Å²) in [5.74, 6) is 0.864. The lowest BCUT2D eigenvalue weighted by Gasteiger charge is -2.05. The molecular weight excluding hydrogens is 213 g/mol. The lowest BCUT2D eigenvalue weighted by Crippen LogP contribution is -2.08. The molecular formula is C11H16FNOS. The van der Waals surface area contributed by atoms with Gasteiger partial charge in [0.2, 0.25) is 0 Å². The van der Waals surface area contributed by atoms with Crippen molar-refractivity contribution in [3.8, 4) is 0 Å². The van der Waals surface area contributed by atoms with Crippen LogP contribution in [-0.4, -0.2) is 16.5 Å². The number of benzene rings is 1. The van der Waals surface area contributed by atoms with Gasteiger partial charge in [0.05, 0.1) is 0 Å². The van der Waals surface area contributed by atoms with E-state index < -0.39 is 10.8 Å². The van der Waals surface area contributed by atoms with Crippen LogP contribution in [0.25, 0.3) is 0 Å². The van der Waals surface area contributed by atoms with E-state index in [0.29, 0.717) is 18.1 Å². The normalized spacial score (nSPS) is 12.7. The molecule has 0 amide bonds. The molecule has 0 aliphatic carbocycles. The van der Waals surface area contributed by atoms with Gasteiger partial charge < -0.3 is 5.73 Å². The number of rotatable bonds is 5. The van der Waals surface area contributed by atoms with E-state index in [-0.39, 0.29) is 5.82 Å². The first-order chi connectivity index (χ1) is 7.13. The van der Waals surface area contributed by atoms with Crippen molar-refractivity contribution >= 4 is 10.8 Å². The van der Waals surface area contributed by atoms with Crippen molar-refractivity contribution in [1.29, 1.82) is 0 Å². The summed E-state index contributed by atoms with van der Waals surface area (Å²) >= 11 is 0. The molecule has 1 aromatic rings. The number of hydrogen-bond donors (Lipinski definition) is 1. The Kier molecular flexibility index (Phi) is 4.91. The van der Waals surface area contributed by atoms with E-state index in [2.05, 4.69) is 0 Å². The summed E-state index contributed by atoms with van der Waals surface area (Å²) in [6, 6.07) is 4.57. The molecule has 1 aromatic carbocycles. The third kappa shape index (κ3) is 4.10. The average Bonchev–Trinajstić information content (AvgIpc) is 2.19. The van der Waals surface area contributed by atoms with Crippen LogP contribution >= 0.6 is 0 Å². The van der Waals surface area contributed by atoms with Crippen molar-refractivity contribution in [2.45, 2.75) is 19.1 Å². The van der Waals surface area contributed by atoms with Crippen LogP contribution in [0.3, 0.4) is 0 Å². The first-order valence-electron chi connectivity index (χ1n) is 4.93. The topological polar surface area (TPSA) is 43.1 Å². The molecule has 0 saturated carbocycles. The van der Waals surface area contributed by atoms with E-state index in [9.17, 15) is 8.60 Å². The van der Waals surface area contributed by atoms with Crippen LogP contribution in [0.5, 0.6) is 0 Å². The van der Waals surface area contributed by atoms with Gasteiger partial charge in [-0.2, -0.15) is 0 Å². The third-order valence-corrected chi connectivity index (χ3v) is 3.57. The van der Waals surface area contributed by atoms with E-state index in [1.54, 1.807) is 6.07 Å². The Hall–Kier alpha value is -0.740. The van der Waals surface area contributed by atoms with Crippen LogP contribution in [0.4, 0.5) is 4.39 Å². The van der Waals surface area contributed by atoms with Gasteiger partial charge in [-0.15, -0.1) is 0 Å². The van der Waals surface area contributed by atoms with Gasteiger partial charge in [-0.05, 0) is 43.1 Å². The molecule has 0 aromatic heterocycles. The second-order valence-corrected chi connectivity index (χ2v) is 5.08. The summed E-state index contributed by atoms with van der Waals surface area (Å²) in [6.45, 7) is 2.40. The quantitative estimate of drug-likeness (QED) is 0.835. The first kappa shape index (κ1) is 12.3. The van der Waals surface area contributed by atoms with Gasteiger partial charge in [-0.25, -0.2) is 4.39 Å². The van der Waals surface area contributed by atoms with Gasteiger partial charge >= 0.3 is 0 Å². The van der Waals surface area contributed by atoms with E-state index in [1.165, 1.54) is 12.1 Å². The first-order valence-corrected chi connectivity index (χ1v) is 6.42. The smallest absolute Gasteiger partial charge is 0.123 e. The predicted molar refractivity (Wildman–Crippen MR) is 61.5 cm³/mol. The van der Waals surface area contributed by atoms with Crippen molar-refractivity contribution < 1.29 is 8.60 Å². The Morgan fingerprint density at radius 1 is 1.47 bits per heavy atom. The fourth-order valence-corrected chi connectivity index (χ4v) is 2.61. The zero-order valence-electron chi connectivity index (χ0n) is 8.83. The molecule has 0 spiro atoms. The molecule has 0 aliphatic rings. The highest BCUT2D eigenvalue weighted by molar-refractivity contribution is 7.84. The molecule has 15 heavy (non-hydrogen) atoms. The van der Waals surface area contributed by atoms with Gasteiger partial charge in [0, 0.05) is 22.3 Å². The zero-order valence-corrected chi connectivity index (χ0v) is 9.65. The fourth-order valence-electron chi connectivity index (χ4n) is 1.31. The highest BCUT2D eigenvalue weighted by atomic mass is 32.2. The average molecular weight is 229 g/mol. The van der Waals surface area contributed by atoms with Crippen LogP contribution in [0, 0.1) is 12.7 Å². The minimum Gasteiger partial charge on any atom is -0.330 e. The highest BCUT2D eigenvalue weighted by Gasteiger charge is 2.04. The maximum absolute atomic E-state index is 12.8. The molecule has 1 atom stereocenters. The number of halogens is 1. The zero-order chi connectivity index (χ0) is 11.3. The van der Waals surface area contributed by atoms with E-state index in [0.717, 1.165) is 17.5 Å². The Morgan fingerprint density at radius 2 is 2.20 bits per heavy atom. The second-order valence-electron chi connectivity index (χ2n) is 3.50. The molecule has 0 fully saturated rings. The number of hydrogen-bond acceptors (Lipinski definition) is 2. The maximum Gasteiger partial charge on any atom is 0.123 e. The van der Waals surface area contributed by atoms with Crippen molar-refractivity contribution in [1.82, 2.24) is 0 Å². The van der Waals surface area contributed by atoms with Crippen molar-refractivity contribution in [3.05, 3.63) is 35.1 Å². The summed E-state index contributed by atoms with van der Waals surface area (Å²) in [5, 5.41) is 0. The van der Waals surface area contributed by atoms with Crippen molar-refractivity contribution in [2.24, 2.45) is 5.73 Å². The van der Waals surface area contributed by atoms with Gasteiger partial charge in [0.1, 0.15) is 5.82 Å². The standard InChI is InChI=1S/C11H16FNOS/c1-9-7-11(12)4-3-10(9)8-15(14)6-2-5-13/h3-4,7H,2,5-6,8,13H2,1H3. The van der Waals surface area contributed by atoms with Gasteiger partial charge in [0.15, 0.2) is 0 Å². The van der Waals surface area contributed by atoms with Crippen LogP contribution in [0.15, 0.2) is 18.2 Å². The van der Waals surface area contributed by atoms with E-state index >= 15 is 0 Å². The molecule has 1 rings (SSSR count). The molecule has 84 valence electrons. The second kappa shape index (κ2) is 5.98. The van der Waals surface area contributed by atoms with Crippen LogP contribution < -0.4 is 5.73 Å². The Labute approximate surface area is 92.1 Å². The predicted octanol–water partition coefficient (Wildman–Crippen LogP) is 1.73. The Morgan fingerprint density at radius 3 is 2.80 bits per heavy atom. The minimum absolute atomic E-state index is 0.246. The maximum atomic E-state index is 12.8. The van der Waals surface area contributed by atoms with Crippen LogP contribution in [-0.2, 0) is 16.6 Å². The fraction of sp³-hybridized carbons (Fsp3) is 0.455. The lowest BCUT2D eigenvalue weighted by atomic mass is 10.1. The number of nitrogens with two attached hydrogens (primary N) is 1. The van der Waals surface area contributed by atoms with E-state index in [4.69, 9.17) is 5.73 Å². The molecule has 1 unspecified atom stereocenters. The molecule has 0 heterocycles. The molecule has 4 heteroatoms. The van der Waals surface area contributed by atoms with Crippen LogP contribution in [0.2, 0.25) is 0 Å². The summed E-state index contributed by atoms with van der Waals surface area (Å²) in [6.07, 6.45) is 0.771. The lowest BCUT2D eigenvalue weighted by molar-refractivity contribution is 0.626. The molecule has 2 N–H and O–H groups in total. The summed E-state index contributed by atoms with van der Waals surface area (Å²) < 4.78 is 24.4. The number of aryl methyl sites for hydroxylation is 1. The minimum atomic E-state index is -0.890. The largest absolute Gasteiger partial charge is 0.330 e. The molecule has 0 saturated heterocycles. The highest BCUT2D eigenvalue weighted by Crippen LogP contribution is 2.12. The molecule has 2 nitrogen and oxygen atoms in total. The van der Waals surface area contributed by atoms with Gasteiger partial charge in [-0.1, -0.05) is 6.07 Å². The molecule has 0 aliphatic heterocycles. The monoisotopic (exact) mass is 229 g/mol. The summed E-state index contributed by atoms with van der Waals surface area (Å²) in [5.41, 5.74) is 7.14. The Balaban J connectivity index is 2.60. The molecule has 0 bridgehead atoms.